The summed E-state index contributed by atoms with van der Waals surface area (Å²) >= 11 is 1.87. The van der Waals surface area contributed by atoms with Crippen molar-refractivity contribution in [3.05, 3.63) is 24.5 Å². The molecule has 0 saturated carbocycles. The lowest BCUT2D eigenvalue weighted by Gasteiger charge is -2.11. The Bertz CT molecular complexity index is 454. The third-order valence-corrected chi connectivity index (χ3v) is 3.24. The number of anilines is 1. The van der Waals surface area contributed by atoms with E-state index in [1.54, 1.807) is 10.7 Å². The molecule has 2 aromatic heterocycles. The zero-order valence-corrected chi connectivity index (χ0v) is 10.4. The Hall–Kier alpha value is -1.23. The van der Waals surface area contributed by atoms with E-state index in [1.165, 1.54) is 5.75 Å². The highest BCUT2D eigenvalue weighted by Gasteiger charge is 2.02. The van der Waals surface area contributed by atoms with E-state index in [4.69, 9.17) is 0 Å². The Morgan fingerprint density at radius 2 is 2.38 bits per heavy atom. The molecule has 0 fully saturated rings. The lowest BCUT2D eigenvalue weighted by Crippen LogP contribution is -2.14. The Labute approximate surface area is 99.5 Å². The summed E-state index contributed by atoms with van der Waals surface area (Å²) in [5.74, 6) is 2.74. The third kappa shape index (κ3) is 2.66. The van der Waals surface area contributed by atoms with E-state index >= 15 is 0 Å². The van der Waals surface area contributed by atoms with Crippen LogP contribution < -0.4 is 5.32 Å². The first-order chi connectivity index (χ1) is 7.79. The molecule has 0 aliphatic carbocycles. The molecule has 86 valence electrons. The van der Waals surface area contributed by atoms with Crippen LogP contribution in [0.15, 0.2) is 24.5 Å². The van der Waals surface area contributed by atoms with Gasteiger partial charge in [-0.15, -0.1) is 0 Å². The van der Waals surface area contributed by atoms with Crippen molar-refractivity contribution >= 4 is 23.2 Å². The van der Waals surface area contributed by atoms with Crippen molar-refractivity contribution in [2.75, 3.05) is 23.9 Å². The Morgan fingerprint density at radius 1 is 1.50 bits per heavy atom. The Kier molecular flexibility index (Phi) is 3.66. The average molecular weight is 236 g/mol. The first-order valence-corrected chi connectivity index (χ1v) is 6.72. The second-order valence-corrected chi connectivity index (χ2v) is 4.80. The minimum Gasteiger partial charge on any atom is -0.370 e. The third-order valence-electron chi connectivity index (χ3n) is 2.34. The van der Waals surface area contributed by atoms with Gasteiger partial charge in [-0.3, -0.25) is 0 Å². The van der Waals surface area contributed by atoms with E-state index in [1.807, 2.05) is 30.1 Å². The van der Waals surface area contributed by atoms with E-state index in [2.05, 4.69) is 28.6 Å². The molecule has 4 nitrogen and oxygen atoms in total. The lowest BCUT2D eigenvalue weighted by molar-refractivity contribution is 0.699. The molecule has 0 aliphatic rings. The number of thioether (sulfide) groups is 1. The highest BCUT2D eigenvalue weighted by Crippen LogP contribution is 2.08. The van der Waals surface area contributed by atoms with Crippen LogP contribution >= 0.6 is 11.8 Å². The molecule has 5 heteroatoms. The second-order valence-electron chi connectivity index (χ2n) is 3.89. The van der Waals surface area contributed by atoms with Gasteiger partial charge in [0.25, 0.3) is 0 Å². The maximum atomic E-state index is 4.45. The number of fused-ring (bicyclic) bond motifs is 1. The molecule has 0 amide bonds. The molecule has 0 aliphatic heterocycles. The topological polar surface area (TPSA) is 42.2 Å². The molecule has 1 N–H and O–H groups in total. The van der Waals surface area contributed by atoms with Gasteiger partial charge in [0.2, 0.25) is 0 Å². The summed E-state index contributed by atoms with van der Waals surface area (Å²) in [4.78, 5) is 4.45. The predicted octanol–water partition coefficient (Wildman–Crippen LogP) is 2.14. The van der Waals surface area contributed by atoms with Crippen LogP contribution in [0.5, 0.6) is 0 Å². The van der Waals surface area contributed by atoms with Gasteiger partial charge < -0.3 is 5.32 Å². The van der Waals surface area contributed by atoms with Crippen molar-refractivity contribution in [1.29, 1.82) is 0 Å². The van der Waals surface area contributed by atoms with Gasteiger partial charge in [0, 0.05) is 18.8 Å². The van der Waals surface area contributed by atoms with Crippen molar-refractivity contribution in [2.45, 2.75) is 6.92 Å². The predicted molar refractivity (Wildman–Crippen MR) is 69.0 cm³/mol. The van der Waals surface area contributed by atoms with Crippen LogP contribution in [0, 0.1) is 5.92 Å². The summed E-state index contributed by atoms with van der Waals surface area (Å²) in [6, 6.07) is 3.85. The smallest absolute Gasteiger partial charge is 0.157 e. The van der Waals surface area contributed by atoms with Gasteiger partial charge in [-0.25, -0.2) is 9.50 Å². The minimum absolute atomic E-state index is 0.651. The van der Waals surface area contributed by atoms with Gasteiger partial charge in [0.15, 0.2) is 5.65 Å². The van der Waals surface area contributed by atoms with Gasteiger partial charge in [-0.2, -0.15) is 16.9 Å². The summed E-state index contributed by atoms with van der Waals surface area (Å²) in [6.45, 7) is 3.19. The number of aromatic nitrogens is 3. The van der Waals surface area contributed by atoms with E-state index in [9.17, 15) is 0 Å². The molecule has 16 heavy (non-hydrogen) atoms. The molecule has 0 radical (unpaired) electrons. The molecule has 0 aromatic carbocycles. The number of hydrogen-bond acceptors (Lipinski definition) is 4. The first-order valence-electron chi connectivity index (χ1n) is 5.33. The number of nitrogens with one attached hydrogen (secondary N) is 1. The quantitative estimate of drug-likeness (QED) is 0.863. The van der Waals surface area contributed by atoms with Crippen LogP contribution in [0.25, 0.3) is 5.65 Å². The molecular weight excluding hydrogens is 220 g/mol. The van der Waals surface area contributed by atoms with Crippen LogP contribution in [0.4, 0.5) is 5.82 Å². The summed E-state index contributed by atoms with van der Waals surface area (Å²) in [5.41, 5.74) is 0.877. The second kappa shape index (κ2) is 5.21. The van der Waals surface area contributed by atoms with Crippen LogP contribution in [0.2, 0.25) is 0 Å². The number of nitrogens with zero attached hydrogens (tertiary/aromatic N) is 3. The molecule has 1 unspecified atom stereocenters. The molecule has 2 aromatic rings. The van der Waals surface area contributed by atoms with Crippen molar-refractivity contribution in [3.63, 3.8) is 0 Å². The van der Waals surface area contributed by atoms with E-state index in [-0.39, 0.29) is 0 Å². The van der Waals surface area contributed by atoms with Crippen molar-refractivity contribution in [3.8, 4) is 0 Å². The Morgan fingerprint density at radius 3 is 3.19 bits per heavy atom. The zero-order chi connectivity index (χ0) is 11.4. The summed E-state index contributed by atoms with van der Waals surface area (Å²) in [6.07, 6.45) is 5.81. The SMILES string of the molecule is CSCC(C)CNc1ccn2nccc2n1. The monoisotopic (exact) mass is 236 g/mol. The van der Waals surface area contributed by atoms with Crippen LogP contribution in [-0.4, -0.2) is 33.2 Å². The average Bonchev–Trinajstić information content (AvgIpc) is 2.74. The number of hydrogen-bond donors (Lipinski definition) is 1. The Balaban J connectivity index is 1.98. The fraction of sp³-hybridized carbons (Fsp3) is 0.455. The standard InChI is InChI=1S/C11H16N4S/c1-9(8-16-2)7-12-10-4-6-15-11(14-10)3-5-13-15/h3-6,9H,7-8H2,1-2H3,(H,12,14). The van der Waals surface area contributed by atoms with Gasteiger partial charge in [-0.05, 0) is 24.0 Å². The molecule has 0 saturated heterocycles. The van der Waals surface area contributed by atoms with Gasteiger partial charge in [0.05, 0.1) is 6.20 Å². The van der Waals surface area contributed by atoms with E-state index < -0.39 is 0 Å². The molecule has 2 rings (SSSR count). The maximum Gasteiger partial charge on any atom is 0.157 e. The highest BCUT2D eigenvalue weighted by atomic mass is 32.2. The summed E-state index contributed by atoms with van der Waals surface area (Å²) < 4.78 is 1.76. The van der Waals surface area contributed by atoms with Crippen LogP contribution in [0.1, 0.15) is 6.92 Å². The minimum atomic E-state index is 0.651. The first kappa shape index (κ1) is 11.3. The molecular formula is C11H16N4S. The molecule has 0 bridgehead atoms. The molecule has 1 atom stereocenters. The lowest BCUT2D eigenvalue weighted by atomic mass is 10.2. The maximum absolute atomic E-state index is 4.45. The fourth-order valence-electron chi connectivity index (χ4n) is 1.53. The van der Waals surface area contributed by atoms with Crippen molar-refractivity contribution < 1.29 is 0 Å². The van der Waals surface area contributed by atoms with Gasteiger partial charge in [0.1, 0.15) is 5.82 Å². The zero-order valence-electron chi connectivity index (χ0n) is 9.55. The summed E-state index contributed by atoms with van der Waals surface area (Å²) in [5, 5.41) is 7.45. The highest BCUT2D eigenvalue weighted by molar-refractivity contribution is 7.98. The largest absolute Gasteiger partial charge is 0.370 e. The van der Waals surface area contributed by atoms with Crippen LogP contribution in [-0.2, 0) is 0 Å². The number of rotatable bonds is 5. The fourth-order valence-corrected chi connectivity index (χ4v) is 2.22. The van der Waals surface area contributed by atoms with Gasteiger partial charge in [-0.1, -0.05) is 6.92 Å². The van der Waals surface area contributed by atoms with Crippen LogP contribution in [0.3, 0.4) is 0 Å². The van der Waals surface area contributed by atoms with E-state index in [0.29, 0.717) is 5.92 Å². The van der Waals surface area contributed by atoms with E-state index in [0.717, 1.165) is 18.0 Å². The van der Waals surface area contributed by atoms with Crippen molar-refractivity contribution in [2.24, 2.45) is 5.92 Å². The molecule has 2 heterocycles. The molecule has 0 spiro atoms. The summed E-state index contributed by atoms with van der Waals surface area (Å²) in [7, 11) is 0. The normalized spacial score (nSPS) is 12.9. The van der Waals surface area contributed by atoms with Crippen molar-refractivity contribution in [1.82, 2.24) is 14.6 Å². The van der Waals surface area contributed by atoms with Gasteiger partial charge >= 0.3 is 0 Å².